The van der Waals surface area contributed by atoms with E-state index in [1.54, 1.807) is 11.8 Å². The number of nitrogens with zero attached hydrogens (tertiary/aromatic N) is 2. The second-order valence-electron chi connectivity index (χ2n) is 5.00. The van der Waals surface area contributed by atoms with Crippen LogP contribution in [0.25, 0.3) is 0 Å². The largest absolute Gasteiger partial charge is 0.469 e. The van der Waals surface area contributed by atoms with Crippen LogP contribution in [0.4, 0.5) is 0 Å². The summed E-state index contributed by atoms with van der Waals surface area (Å²) in [6.45, 7) is 8.22. The molecule has 1 rings (SSSR count). The van der Waals surface area contributed by atoms with Crippen molar-refractivity contribution in [2.45, 2.75) is 51.0 Å². The summed E-state index contributed by atoms with van der Waals surface area (Å²) in [5.74, 6) is 1.60. The minimum Gasteiger partial charge on any atom is -0.469 e. The highest BCUT2D eigenvalue weighted by atomic mass is 32.2. The Morgan fingerprint density at radius 3 is 2.58 bits per heavy atom. The first-order valence-corrected chi connectivity index (χ1v) is 7.41. The van der Waals surface area contributed by atoms with Crippen molar-refractivity contribution in [3.8, 4) is 0 Å². The van der Waals surface area contributed by atoms with Crippen LogP contribution in [0.15, 0.2) is 4.42 Å². The zero-order valence-electron chi connectivity index (χ0n) is 12.2. The molecule has 1 aromatic heterocycles. The summed E-state index contributed by atoms with van der Waals surface area (Å²) >= 11 is 1.63. The molecule has 0 aliphatic heterocycles. The molecule has 0 spiro atoms. The van der Waals surface area contributed by atoms with Crippen LogP contribution in [-0.2, 0) is 16.0 Å². The number of rotatable bonds is 7. The molecule has 1 heterocycles. The maximum absolute atomic E-state index is 11.2. The fourth-order valence-electron chi connectivity index (χ4n) is 1.64. The molecule has 0 aliphatic carbocycles. The molecule has 0 aromatic carbocycles. The van der Waals surface area contributed by atoms with E-state index in [2.05, 4.69) is 28.8 Å². The summed E-state index contributed by atoms with van der Waals surface area (Å²) in [5, 5.41) is 8.34. The third kappa shape index (κ3) is 5.63. The van der Waals surface area contributed by atoms with Gasteiger partial charge in [-0.15, -0.1) is 22.0 Å². The van der Waals surface area contributed by atoms with E-state index in [9.17, 15) is 4.79 Å². The second-order valence-corrected chi connectivity index (χ2v) is 6.79. The Morgan fingerprint density at radius 1 is 1.32 bits per heavy atom. The third-order valence-corrected chi connectivity index (χ3v) is 3.77. The minimum atomic E-state index is -0.196. The topological polar surface area (TPSA) is 65.2 Å². The van der Waals surface area contributed by atoms with Gasteiger partial charge in [0.25, 0.3) is 0 Å². The summed E-state index contributed by atoms with van der Waals surface area (Å²) in [4.78, 5) is 11.2. The van der Waals surface area contributed by atoms with Gasteiger partial charge in [0.15, 0.2) is 0 Å². The van der Waals surface area contributed by atoms with E-state index in [1.807, 2.05) is 13.8 Å². The van der Waals surface area contributed by atoms with Gasteiger partial charge in [-0.2, -0.15) is 0 Å². The first-order chi connectivity index (χ1) is 8.92. The zero-order chi connectivity index (χ0) is 14.4. The summed E-state index contributed by atoms with van der Waals surface area (Å²) in [7, 11) is 1.40. The van der Waals surface area contributed by atoms with Crippen LogP contribution in [0.5, 0.6) is 0 Å². The molecule has 0 N–H and O–H groups in total. The SMILES string of the molecule is COC(=O)CC(C)SC(C)c1nnc(CC(C)C)o1. The van der Waals surface area contributed by atoms with E-state index in [-0.39, 0.29) is 16.5 Å². The van der Waals surface area contributed by atoms with Crippen LogP contribution in [0, 0.1) is 5.92 Å². The maximum Gasteiger partial charge on any atom is 0.306 e. The van der Waals surface area contributed by atoms with Crippen molar-refractivity contribution in [3.05, 3.63) is 11.8 Å². The molecule has 0 amide bonds. The Morgan fingerprint density at radius 2 is 2.00 bits per heavy atom. The summed E-state index contributed by atoms with van der Waals surface area (Å²) in [5.41, 5.74) is 0. The Balaban J connectivity index is 2.50. The van der Waals surface area contributed by atoms with Gasteiger partial charge in [-0.1, -0.05) is 20.8 Å². The smallest absolute Gasteiger partial charge is 0.306 e. The molecular formula is C13H22N2O3S. The van der Waals surface area contributed by atoms with Gasteiger partial charge in [-0.25, -0.2) is 0 Å². The van der Waals surface area contributed by atoms with Gasteiger partial charge < -0.3 is 9.15 Å². The Bertz CT molecular complexity index is 406. The lowest BCUT2D eigenvalue weighted by Gasteiger charge is -2.13. The molecule has 0 radical (unpaired) electrons. The van der Waals surface area contributed by atoms with Crippen molar-refractivity contribution in [1.82, 2.24) is 10.2 Å². The van der Waals surface area contributed by atoms with Crippen molar-refractivity contribution >= 4 is 17.7 Å². The predicted octanol–water partition coefficient (Wildman–Crippen LogP) is 3.01. The highest BCUT2D eigenvalue weighted by molar-refractivity contribution is 8.00. The quantitative estimate of drug-likeness (QED) is 0.718. The highest BCUT2D eigenvalue weighted by Crippen LogP contribution is 2.32. The molecular weight excluding hydrogens is 264 g/mol. The number of carbonyl (C=O) groups is 1. The first-order valence-electron chi connectivity index (χ1n) is 6.47. The molecule has 5 nitrogen and oxygen atoms in total. The Hall–Kier alpha value is -1.04. The molecule has 108 valence electrons. The lowest BCUT2D eigenvalue weighted by atomic mass is 10.1. The summed E-state index contributed by atoms with van der Waals surface area (Å²) in [6.07, 6.45) is 1.18. The van der Waals surface area contributed by atoms with Crippen molar-refractivity contribution in [1.29, 1.82) is 0 Å². The number of thioether (sulfide) groups is 1. The van der Waals surface area contributed by atoms with Gasteiger partial charge >= 0.3 is 5.97 Å². The second kappa shape index (κ2) is 7.53. The fourth-order valence-corrected chi connectivity index (χ4v) is 2.78. The van der Waals surface area contributed by atoms with E-state index in [0.717, 1.165) is 6.42 Å². The van der Waals surface area contributed by atoms with Crippen LogP contribution >= 0.6 is 11.8 Å². The third-order valence-electron chi connectivity index (χ3n) is 2.53. The molecule has 0 aliphatic rings. The highest BCUT2D eigenvalue weighted by Gasteiger charge is 2.19. The standard InChI is InChI=1S/C13H22N2O3S/c1-8(2)6-11-14-15-13(18-11)10(4)19-9(3)7-12(16)17-5/h8-10H,6-7H2,1-5H3. The summed E-state index contributed by atoms with van der Waals surface area (Å²) < 4.78 is 10.3. The average Bonchev–Trinajstić information content (AvgIpc) is 2.76. The van der Waals surface area contributed by atoms with E-state index in [1.165, 1.54) is 7.11 Å². The molecule has 6 heteroatoms. The lowest BCUT2D eigenvalue weighted by Crippen LogP contribution is -2.09. The number of ether oxygens (including phenoxy) is 1. The first kappa shape index (κ1) is 16.0. The molecule has 19 heavy (non-hydrogen) atoms. The number of aromatic nitrogens is 2. The van der Waals surface area contributed by atoms with Gasteiger partial charge in [0, 0.05) is 11.7 Å². The average molecular weight is 286 g/mol. The number of esters is 1. The predicted molar refractivity (Wildman–Crippen MR) is 74.9 cm³/mol. The van der Waals surface area contributed by atoms with E-state index in [4.69, 9.17) is 4.42 Å². The molecule has 1 aromatic rings. The number of hydrogen-bond donors (Lipinski definition) is 0. The van der Waals surface area contributed by atoms with E-state index < -0.39 is 0 Å². The molecule has 2 atom stereocenters. The Kier molecular flexibility index (Phi) is 6.34. The number of methoxy groups -OCH3 is 1. The van der Waals surface area contributed by atoms with Gasteiger partial charge in [-0.05, 0) is 12.8 Å². The van der Waals surface area contributed by atoms with Crippen molar-refractivity contribution in [2.75, 3.05) is 7.11 Å². The van der Waals surface area contributed by atoms with Crippen molar-refractivity contribution < 1.29 is 13.9 Å². The van der Waals surface area contributed by atoms with Crippen molar-refractivity contribution in [2.24, 2.45) is 5.92 Å². The van der Waals surface area contributed by atoms with Crippen LogP contribution in [-0.4, -0.2) is 28.5 Å². The molecule has 2 unspecified atom stereocenters. The molecule has 0 saturated heterocycles. The van der Waals surface area contributed by atoms with E-state index in [0.29, 0.717) is 24.1 Å². The van der Waals surface area contributed by atoms with Crippen LogP contribution < -0.4 is 0 Å². The molecule has 0 bridgehead atoms. The van der Waals surface area contributed by atoms with Gasteiger partial charge in [0.05, 0.1) is 18.8 Å². The summed E-state index contributed by atoms with van der Waals surface area (Å²) in [6, 6.07) is 0. The maximum atomic E-state index is 11.2. The molecule has 0 saturated carbocycles. The normalized spacial score (nSPS) is 14.4. The van der Waals surface area contributed by atoms with Crippen molar-refractivity contribution in [3.63, 3.8) is 0 Å². The van der Waals surface area contributed by atoms with Crippen LogP contribution in [0.3, 0.4) is 0 Å². The lowest BCUT2D eigenvalue weighted by molar-refractivity contribution is -0.140. The molecule has 0 fully saturated rings. The van der Waals surface area contributed by atoms with E-state index >= 15 is 0 Å². The monoisotopic (exact) mass is 286 g/mol. The van der Waals surface area contributed by atoms with Gasteiger partial charge in [0.1, 0.15) is 0 Å². The van der Waals surface area contributed by atoms with Crippen LogP contribution in [0.1, 0.15) is 51.1 Å². The van der Waals surface area contributed by atoms with Gasteiger partial charge in [-0.3, -0.25) is 4.79 Å². The number of carbonyl (C=O) groups excluding carboxylic acids is 1. The Labute approximate surface area is 118 Å². The van der Waals surface area contributed by atoms with Crippen LogP contribution in [0.2, 0.25) is 0 Å². The minimum absolute atomic E-state index is 0.0769. The van der Waals surface area contributed by atoms with Gasteiger partial charge in [0.2, 0.25) is 11.8 Å². The zero-order valence-corrected chi connectivity index (χ0v) is 13.0. The number of hydrogen-bond acceptors (Lipinski definition) is 6. The fraction of sp³-hybridized carbons (Fsp3) is 0.769.